The summed E-state index contributed by atoms with van der Waals surface area (Å²) in [6.07, 6.45) is 1.61. The summed E-state index contributed by atoms with van der Waals surface area (Å²) in [4.78, 5) is 16.2. The molecule has 0 radical (unpaired) electrons. The van der Waals surface area contributed by atoms with Gasteiger partial charge in [0.25, 0.3) is 0 Å². The van der Waals surface area contributed by atoms with Crippen molar-refractivity contribution in [2.24, 2.45) is 0 Å². The molecule has 0 aliphatic carbocycles. The molecule has 0 saturated carbocycles. The number of carbonyl (C=O) groups excluding carboxylic acids is 1. The number of nitrogens with zero attached hydrogens (tertiary/aromatic N) is 1. The van der Waals surface area contributed by atoms with Crippen LogP contribution in [0.15, 0.2) is 36.5 Å². The number of nitrogen functional groups attached to an aromatic ring is 1. The molecule has 0 unspecified atom stereocenters. The van der Waals surface area contributed by atoms with Crippen molar-refractivity contribution in [1.29, 1.82) is 0 Å². The van der Waals surface area contributed by atoms with E-state index in [9.17, 15) is 4.79 Å². The van der Waals surface area contributed by atoms with Crippen LogP contribution >= 0.6 is 0 Å². The van der Waals surface area contributed by atoms with E-state index in [-0.39, 0.29) is 11.6 Å². The lowest BCUT2D eigenvalue weighted by Gasteiger charge is -2.07. The van der Waals surface area contributed by atoms with Gasteiger partial charge in [0, 0.05) is 11.8 Å². The molecule has 0 atom stereocenters. The summed E-state index contributed by atoms with van der Waals surface area (Å²) in [6.45, 7) is 3.84. The van der Waals surface area contributed by atoms with E-state index in [0.717, 1.165) is 11.1 Å². The molecule has 1 aromatic heterocycles. The maximum Gasteiger partial charge on any atom is 0.196 e. The summed E-state index contributed by atoms with van der Waals surface area (Å²) in [5.74, 6) is 0.212. The molecular formula is C14H14N2O. The molecule has 17 heavy (non-hydrogen) atoms. The minimum atomic E-state index is -0.0758. The van der Waals surface area contributed by atoms with Gasteiger partial charge >= 0.3 is 0 Å². The molecule has 2 aromatic rings. The van der Waals surface area contributed by atoms with Gasteiger partial charge in [0.1, 0.15) is 5.82 Å². The van der Waals surface area contributed by atoms with Gasteiger partial charge in [-0.3, -0.25) is 4.79 Å². The molecule has 3 heteroatoms. The van der Waals surface area contributed by atoms with Crippen molar-refractivity contribution in [3.8, 4) is 0 Å². The van der Waals surface area contributed by atoms with Gasteiger partial charge < -0.3 is 5.73 Å². The normalized spacial score (nSPS) is 10.2. The SMILES string of the molecule is Cc1ccc(C(=O)c2c(C)ccnc2N)cc1. The van der Waals surface area contributed by atoms with E-state index in [1.165, 1.54) is 0 Å². The maximum atomic E-state index is 12.3. The van der Waals surface area contributed by atoms with Crippen LogP contribution in [-0.4, -0.2) is 10.8 Å². The standard InChI is InChI=1S/C14H14N2O/c1-9-3-5-11(6-4-9)13(17)12-10(2)7-8-16-14(12)15/h3-8H,1-2H3,(H2,15,16). The number of hydrogen-bond donors (Lipinski definition) is 1. The highest BCUT2D eigenvalue weighted by molar-refractivity contribution is 6.12. The Bertz CT molecular complexity index is 539. The Morgan fingerprint density at radius 1 is 1.12 bits per heavy atom. The fourth-order valence-electron chi connectivity index (χ4n) is 1.72. The van der Waals surface area contributed by atoms with Crippen LogP contribution in [0.5, 0.6) is 0 Å². The summed E-state index contributed by atoms with van der Waals surface area (Å²) in [5, 5.41) is 0. The Hall–Kier alpha value is -2.16. The lowest BCUT2D eigenvalue weighted by molar-refractivity contribution is 0.103. The predicted octanol–water partition coefficient (Wildman–Crippen LogP) is 2.51. The van der Waals surface area contributed by atoms with Gasteiger partial charge in [-0.05, 0) is 25.5 Å². The average Bonchev–Trinajstić information content (AvgIpc) is 2.29. The smallest absolute Gasteiger partial charge is 0.196 e. The number of ketones is 1. The summed E-state index contributed by atoms with van der Waals surface area (Å²) < 4.78 is 0. The Balaban J connectivity index is 2.47. The lowest BCUT2D eigenvalue weighted by Crippen LogP contribution is -2.09. The summed E-state index contributed by atoms with van der Waals surface area (Å²) in [5.41, 5.74) is 8.86. The predicted molar refractivity (Wildman–Crippen MR) is 68.0 cm³/mol. The van der Waals surface area contributed by atoms with Gasteiger partial charge in [-0.2, -0.15) is 0 Å². The highest BCUT2D eigenvalue weighted by Crippen LogP contribution is 2.18. The second kappa shape index (κ2) is 4.37. The molecule has 0 fully saturated rings. The first-order valence-electron chi connectivity index (χ1n) is 5.42. The first kappa shape index (κ1) is 11.3. The third-order valence-electron chi connectivity index (χ3n) is 2.73. The van der Waals surface area contributed by atoms with Gasteiger partial charge in [-0.15, -0.1) is 0 Å². The molecule has 1 heterocycles. The van der Waals surface area contributed by atoms with Crippen LogP contribution in [0.2, 0.25) is 0 Å². The Kier molecular flexibility index (Phi) is 2.91. The minimum absolute atomic E-state index is 0.0758. The molecule has 3 nitrogen and oxygen atoms in total. The summed E-state index contributed by atoms with van der Waals surface area (Å²) in [6, 6.07) is 9.23. The molecule has 0 aliphatic rings. The van der Waals surface area contributed by atoms with Crippen molar-refractivity contribution in [2.45, 2.75) is 13.8 Å². The largest absolute Gasteiger partial charge is 0.383 e. The van der Waals surface area contributed by atoms with Gasteiger partial charge in [0.15, 0.2) is 5.78 Å². The molecule has 86 valence electrons. The van der Waals surface area contributed by atoms with E-state index in [0.29, 0.717) is 11.1 Å². The third kappa shape index (κ3) is 2.18. The number of anilines is 1. The Morgan fingerprint density at radius 2 is 1.76 bits per heavy atom. The monoisotopic (exact) mass is 226 g/mol. The lowest BCUT2D eigenvalue weighted by atomic mass is 9.99. The fraction of sp³-hybridized carbons (Fsp3) is 0.143. The number of carbonyl (C=O) groups is 1. The quantitative estimate of drug-likeness (QED) is 0.800. The molecule has 0 aliphatic heterocycles. The summed E-state index contributed by atoms with van der Waals surface area (Å²) in [7, 11) is 0. The minimum Gasteiger partial charge on any atom is -0.383 e. The van der Waals surface area contributed by atoms with E-state index in [4.69, 9.17) is 5.73 Å². The van der Waals surface area contributed by atoms with E-state index in [1.54, 1.807) is 12.3 Å². The Morgan fingerprint density at radius 3 is 2.35 bits per heavy atom. The van der Waals surface area contributed by atoms with Gasteiger partial charge in [-0.25, -0.2) is 4.98 Å². The van der Waals surface area contributed by atoms with Crippen molar-refractivity contribution in [3.63, 3.8) is 0 Å². The van der Waals surface area contributed by atoms with Gasteiger partial charge in [-0.1, -0.05) is 29.8 Å². The van der Waals surface area contributed by atoms with Crippen LogP contribution in [0.4, 0.5) is 5.82 Å². The molecule has 0 spiro atoms. The topological polar surface area (TPSA) is 56.0 Å². The number of benzene rings is 1. The highest BCUT2D eigenvalue weighted by atomic mass is 16.1. The molecule has 1 aromatic carbocycles. The number of rotatable bonds is 2. The third-order valence-corrected chi connectivity index (χ3v) is 2.73. The van der Waals surface area contributed by atoms with Gasteiger partial charge in [0.05, 0.1) is 5.56 Å². The van der Waals surface area contributed by atoms with Crippen molar-refractivity contribution >= 4 is 11.6 Å². The molecule has 0 saturated heterocycles. The highest BCUT2D eigenvalue weighted by Gasteiger charge is 2.15. The molecule has 0 amide bonds. The average molecular weight is 226 g/mol. The zero-order valence-electron chi connectivity index (χ0n) is 9.90. The van der Waals surface area contributed by atoms with Crippen LogP contribution in [0, 0.1) is 13.8 Å². The second-order valence-electron chi connectivity index (χ2n) is 4.08. The van der Waals surface area contributed by atoms with Crippen LogP contribution in [0.25, 0.3) is 0 Å². The van der Waals surface area contributed by atoms with E-state index >= 15 is 0 Å². The Labute approximate surface area is 100 Å². The molecule has 2 N–H and O–H groups in total. The number of pyridine rings is 1. The first-order valence-corrected chi connectivity index (χ1v) is 5.42. The number of aryl methyl sites for hydroxylation is 2. The number of hydrogen-bond acceptors (Lipinski definition) is 3. The van der Waals surface area contributed by atoms with Crippen LogP contribution in [0.1, 0.15) is 27.0 Å². The van der Waals surface area contributed by atoms with Crippen molar-refractivity contribution in [3.05, 3.63) is 58.8 Å². The molecule has 0 bridgehead atoms. The number of nitrogens with two attached hydrogens (primary N) is 1. The fourth-order valence-corrected chi connectivity index (χ4v) is 1.72. The van der Waals surface area contributed by atoms with Crippen molar-refractivity contribution in [2.75, 3.05) is 5.73 Å². The second-order valence-corrected chi connectivity index (χ2v) is 4.08. The van der Waals surface area contributed by atoms with Crippen LogP contribution < -0.4 is 5.73 Å². The van der Waals surface area contributed by atoms with E-state index in [1.807, 2.05) is 38.1 Å². The maximum absolute atomic E-state index is 12.3. The van der Waals surface area contributed by atoms with Crippen LogP contribution in [0.3, 0.4) is 0 Å². The zero-order valence-corrected chi connectivity index (χ0v) is 9.90. The van der Waals surface area contributed by atoms with Crippen LogP contribution in [-0.2, 0) is 0 Å². The molecule has 2 rings (SSSR count). The number of aromatic nitrogens is 1. The zero-order chi connectivity index (χ0) is 12.4. The van der Waals surface area contributed by atoms with Crippen molar-refractivity contribution < 1.29 is 4.79 Å². The summed E-state index contributed by atoms with van der Waals surface area (Å²) >= 11 is 0. The van der Waals surface area contributed by atoms with E-state index < -0.39 is 0 Å². The van der Waals surface area contributed by atoms with Crippen molar-refractivity contribution in [1.82, 2.24) is 4.98 Å². The van der Waals surface area contributed by atoms with Gasteiger partial charge in [0.2, 0.25) is 0 Å². The molecular weight excluding hydrogens is 212 g/mol. The van der Waals surface area contributed by atoms with E-state index in [2.05, 4.69) is 4.98 Å². The first-order chi connectivity index (χ1) is 8.09.